The van der Waals surface area contributed by atoms with Gasteiger partial charge in [-0.05, 0) is 56.5 Å². The first-order valence-electron chi connectivity index (χ1n) is 6.77. The molecular weight excluding hydrogens is 184 g/mol. The molecule has 1 saturated carbocycles. The fourth-order valence-corrected chi connectivity index (χ4v) is 3.80. The predicted molar refractivity (Wildman–Crippen MR) is 62.8 cm³/mol. The van der Waals surface area contributed by atoms with E-state index in [9.17, 15) is 0 Å². The average Bonchev–Trinajstić information content (AvgIpc) is 2.78. The van der Waals surface area contributed by atoms with Crippen LogP contribution in [0, 0.1) is 17.8 Å². The lowest BCUT2D eigenvalue weighted by molar-refractivity contribution is 0.160. The van der Waals surface area contributed by atoms with E-state index in [0.717, 1.165) is 23.8 Å². The van der Waals surface area contributed by atoms with Gasteiger partial charge in [0.2, 0.25) is 0 Å². The molecule has 2 aliphatic heterocycles. The molecule has 86 valence electrons. The van der Waals surface area contributed by atoms with Crippen molar-refractivity contribution in [2.24, 2.45) is 17.8 Å². The molecule has 1 aliphatic carbocycles. The second kappa shape index (κ2) is 4.06. The minimum Gasteiger partial charge on any atom is -0.316 e. The highest BCUT2D eigenvalue weighted by Crippen LogP contribution is 2.33. The highest BCUT2D eigenvalue weighted by atomic mass is 15.2. The lowest BCUT2D eigenvalue weighted by Crippen LogP contribution is -2.38. The summed E-state index contributed by atoms with van der Waals surface area (Å²) in [5, 5.41) is 3.53. The number of likely N-dealkylation sites (tertiary alicyclic amines) is 1. The summed E-state index contributed by atoms with van der Waals surface area (Å²) < 4.78 is 0. The van der Waals surface area contributed by atoms with Crippen LogP contribution in [0.5, 0.6) is 0 Å². The highest BCUT2D eigenvalue weighted by molar-refractivity contribution is 4.94. The van der Waals surface area contributed by atoms with Crippen LogP contribution in [-0.2, 0) is 0 Å². The summed E-state index contributed by atoms with van der Waals surface area (Å²) >= 11 is 0. The first-order chi connectivity index (χ1) is 7.33. The Bertz CT molecular complexity index is 209. The second-order valence-electron chi connectivity index (χ2n) is 6.05. The van der Waals surface area contributed by atoms with Gasteiger partial charge in [-0.3, -0.25) is 4.90 Å². The number of rotatable bonds is 1. The van der Waals surface area contributed by atoms with Crippen LogP contribution in [0.15, 0.2) is 0 Å². The van der Waals surface area contributed by atoms with Gasteiger partial charge >= 0.3 is 0 Å². The van der Waals surface area contributed by atoms with Gasteiger partial charge in [0, 0.05) is 19.1 Å². The molecule has 0 aromatic carbocycles. The van der Waals surface area contributed by atoms with Crippen LogP contribution in [0.4, 0.5) is 0 Å². The summed E-state index contributed by atoms with van der Waals surface area (Å²) in [7, 11) is 0. The molecule has 0 bridgehead atoms. The predicted octanol–water partition coefficient (Wildman–Crippen LogP) is 1.72. The molecule has 0 aromatic rings. The van der Waals surface area contributed by atoms with Crippen molar-refractivity contribution >= 4 is 0 Å². The molecule has 0 radical (unpaired) electrons. The van der Waals surface area contributed by atoms with Crippen LogP contribution in [0.1, 0.15) is 32.6 Å². The van der Waals surface area contributed by atoms with Crippen LogP contribution in [-0.4, -0.2) is 37.1 Å². The van der Waals surface area contributed by atoms with Crippen LogP contribution in [0.2, 0.25) is 0 Å². The maximum atomic E-state index is 3.53. The lowest BCUT2D eigenvalue weighted by atomic mass is 9.87. The minimum atomic E-state index is 0.937. The molecular formula is C13H24N2. The number of hydrogen-bond acceptors (Lipinski definition) is 2. The summed E-state index contributed by atoms with van der Waals surface area (Å²) in [6, 6.07) is 0.937. The monoisotopic (exact) mass is 208 g/mol. The van der Waals surface area contributed by atoms with Gasteiger partial charge in [-0.1, -0.05) is 6.92 Å². The summed E-state index contributed by atoms with van der Waals surface area (Å²) in [6.45, 7) is 7.75. The summed E-state index contributed by atoms with van der Waals surface area (Å²) in [5.41, 5.74) is 0. The molecule has 1 N–H and O–H groups in total. The van der Waals surface area contributed by atoms with Crippen molar-refractivity contribution in [1.82, 2.24) is 10.2 Å². The Kier molecular flexibility index (Phi) is 2.73. The van der Waals surface area contributed by atoms with Crippen LogP contribution < -0.4 is 5.32 Å². The standard InChI is InChI=1S/C13H24N2/c1-10-2-4-13(5-3-10)15-8-11-6-14-7-12(11)9-15/h10-14H,2-9H2,1H3/t10?,11-,12+,13?. The molecule has 0 aromatic heterocycles. The zero-order valence-electron chi connectivity index (χ0n) is 9.91. The first kappa shape index (κ1) is 10.1. The normalized spacial score (nSPS) is 47.0. The van der Waals surface area contributed by atoms with E-state index in [1.165, 1.54) is 51.9 Å². The third kappa shape index (κ3) is 1.94. The van der Waals surface area contributed by atoms with Crippen LogP contribution in [0.3, 0.4) is 0 Å². The average molecular weight is 208 g/mol. The van der Waals surface area contributed by atoms with E-state index in [-0.39, 0.29) is 0 Å². The van der Waals surface area contributed by atoms with Gasteiger partial charge in [-0.15, -0.1) is 0 Å². The molecule has 0 amide bonds. The van der Waals surface area contributed by atoms with Crippen molar-refractivity contribution in [2.45, 2.75) is 38.6 Å². The van der Waals surface area contributed by atoms with E-state index in [0.29, 0.717) is 0 Å². The topological polar surface area (TPSA) is 15.3 Å². The largest absolute Gasteiger partial charge is 0.316 e. The van der Waals surface area contributed by atoms with E-state index in [1.807, 2.05) is 0 Å². The van der Waals surface area contributed by atoms with Crippen molar-refractivity contribution < 1.29 is 0 Å². The Hall–Kier alpha value is -0.0800. The number of nitrogens with one attached hydrogen (secondary N) is 1. The molecule has 0 spiro atoms. The van der Waals surface area contributed by atoms with Crippen molar-refractivity contribution in [3.63, 3.8) is 0 Å². The highest BCUT2D eigenvalue weighted by Gasteiger charge is 2.39. The van der Waals surface area contributed by atoms with Crippen molar-refractivity contribution in [1.29, 1.82) is 0 Å². The molecule has 2 saturated heterocycles. The van der Waals surface area contributed by atoms with E-state index in [4.69, 9.17) is 0 Å². The fourth-order valence-electron chi connectivity index (χ4n) is 3.80. The van der Waals surface area contributed by atoms with Gasteiger partial charge in [0.15, 0.2) is 0 Å². The molecule has 2 atom stereocenters. The molecule has 3 aliphatic rings. The van der Waals surface area contributed by atoms with Crippen molar-refractivity contribution in [3.05, 3.63) is 0 Å². The minimum absolute atomic E-state index is 0.937. The lowest BCUT2D eigenvalue weighted by Gasteiger charge is -2.34. The maximum Gasteiger partial charge on any atom is 0.00957 e. The quantitative estimate of drug-likeness (QED) is 0.706. The summed E-state index contributed by atoms with van der Waals surface area (Å²) in [5.74, 6) is 2.94. The fraction of sp³-hybridized carbons (Fsp3) is 1.00. The van der Waals surface area contributed by atoms with Gasteiger partial charge in [-0.2, -0.15) is 0 Å². The molecule has 2 heterocycles. The molecule has 2 heteroatoms. The Labute approximate surface area is 93.4 Å². The Balaban J connectivity index is 1.56. The molecule has 3 fully saturated rings. The SMILES string of the molecule is CC1CCC(N2C[C@H]3CNC[C@H]3C2)CC1. The van der Waals surface area contributed by atoms with E-state index in [2.05, 4.69) is 17.1 Å². The van der Waals surface area contributed by atoms with Gasteiger partial charge in [-0.25, -0.2) is 0 Å². The van der Waals surface area contributed by atoms with E-state index < -0.39 is 0 Å². The Morgan fingerprint density at radius 2 is 1.53 bits per heavy atom. The van der Waals surface area contributed by atoms with Crippen LogP contribution >= 0.6 is 0 Å². The van der Waals surface area contributed by atoms with Gasteiger partial charge in [0.1, 0.15) is 0 Å². The summed E-state index contributed by atoms with van der Waals surface area (Å²) in [4.78, 5) is 2.81. The zero-order valence-corrected chi connectivity index (χ0v) is 9.91. The maximum absolute atomic E-state index is 3.53. The smallest absolute Gasteiger partial charge is 0.00957 e. The molecule has 0 unspecified atom stereocenters. The van der Waals surface area contributed by atoms with Gasteiger partial charge < -0.3 is 5.32 Å². The summed E-state index contributed by atoms with van der Waals surface area (Å²) in [6.07, 6.45) is 5.87. The zero-order chi connectivity index (χ0) is 10.3. The van der Waals surface area contributed by atoms with E-state index in [1.54, 1.807) is 0 Å². The van der Waals surface area contributed by atoms with Gasteiger partial charge in [0.25, 0.3) is 0 Å². The first-order valence-corrected chi connectivity index (χ1v) is 6.77. The Morgan fingerprint density at radius 3 is 2.13 bits per heavy atom. The number of hydrogen-bond donors (Lipinski definition) is 1. The van der Waals surface area contributed by atoms with Crippen molar-refractivity contribution in [2.75, 3.05) is 26.2 Å². The van der Waals surface area contributed by atoms with Crippen LogP contribution in [0.25, 0.3) is 0 Å². The second-order valence-corrected chi connectivity index (χ2v) is 6.05. The Morgan fingerprint density at radius 1 is 0.933 bits per heavy atom. The molecule has 2 nitrogen and oxygen atoms in total. The number of nitrogens with zero attached hydrogens (tertiary/aromatic N) is 1. The third-order valence-corrected chi connectivity index (χ3v) is 4.92. The number of fused-ring (bicyclic) bond motifs is 1. The molecule has 3 rings (SSSR count). The third-order valence-electron chi connectivity index (χ3n) is 4.92. The molecule has 15 heavy (non-hydrogen) atoms. The van der Waals surface area contributed by atoms with E-state index >= 15 is 0 Å². The van der Waals surface area contributed by atoms with Gasteiger partial charge in [0.05, 0.1) is 0 Å². The van der Waals surface area contributed by atoms with Crippen molar-refractivity contribution in [3.8, 4) is 0 Å².